The van der Waals surface area contributed by atoms with Crippen LogP contribution in [0, 0.1) is 0 Å². The third-order valence-corrected chi connectivity index (χ3v) is 2.17. The van der Waals surface area contributed by atoms with Gasteiger partial charge in [-0.15, -0.1) is 0 Å². The summed E-state index contributed by atoms with van der Waals surface area (Å²) in [7, 11) is 0. The van der Waals surface area contributed by atoms with Gasteiger partial charge < -0.3 is 15.7 Å². The smallest absolute Gasteiger partial charge is 0.0443 e. The van der Waals surface area contributed by atoms with Gasteiger partial charge in [0.1, 0.15) is 0 Å². The summed E-state index contributed by atoms with van der Waals surface area (Å²) in [5, 5.41) is 8.60. The third-order valence-electron chi connectivity index (χ3n) is 2.17. The molecule has 0 saturated carbocycles. The average Bonchev–Trinajstić information content (AvgIpc) is 2.01. The van der Waals surface area contributed by atoms with Gasteiger partial charge in [-0.3, -0.25) is 0 Å². The molecule has 0 bridgehead atoms. The van der Waals surface area contributed by atoms with Crippen LogP contribution < -0.4 is 5.73 Å². The van der Waals surface area contributed by atoms with Crippen molar-refractivity contribution in [1.29, 1.82) is 0 Å². The molecule has 0 unspecified atom stereocenters. The van der Waals surface area contributed by atoms with Crippen molar-refractivity contribution in [2.45, 2.75) is 25.3 Å². The Morgan fingerprint density at radius 3 is 3.00 bits per heavy atom. The molecule has 11 heavy (non-hydrogen) atoms. The van der Waals surface area contributed by atoms with Gasteiger partial charge in [0.05, 0.1) is 0 Å². The predicted octanol–water partition coefficient (Wildman–Crippen LogP) is -0.208. The van der Waals surface area contributed by atoms with Crippen LogP contribution in [0.1, 0.15) is 19.3 Å². The van der Waals surface area contributed by atoms with Crippen LogP contribution in [0.2, 0.25) is 0 Å². The molecule has 3 heteroatoms. The molecular weight excluding hydrogens is 140 g/mol. The summed E-state index contributed by atoms with van der Waals surface area (Å²) in [6, 6.07) is 0.363. The maximum absolute atomic E-state index is 8.60. The van der Waals surface area contributed by atoms with Crippen LogP contribution in [0.4, 0.5) is 0 Å². The summed E-state index contributed by atoms with van der Waals surface area (Å²) in [5.41, 5.74) is 5.79. The van der Waals surface area contributed by atoms with E-state index in [4.69, 9.17) is 10.8 Å². The molecule has 1 rings (SSSR count). The Kier molecular flexibility index (Phi) is 3.83. The van der Waals surface area contributed by atoms with E-state index in [0.29, 0.717) is 12.6 Å². The molecule has 3 nitrogen and oxygen atoms in total. The quantitative estimate of drug-likeness (QED) is 0.597. The number of hydrogen-bond donors (Lipinski definition) is 2. The van der Waals surface area contributed by atoms with Crippen molar-refractivity contribution in [2.24, 2.45) is 5.73 Å². The lowest BCUT2D eigenvalue weighted by Gasteiger charge is -2.30. The lowest BCUT2D eigenvalue weighted by atomic mass is 10.1. The summed E-state index contributed by atoms with van der Waals surface area (Å²) >= 11 is 0. The summed E-state index contributed by atoms with van der Waals surface area (Å²) in [5.74, 6) is 0. The summed E-state index contributed by atoms with van der Waals surface area (Å²) in [6.45, 7) is 3.48. The zero-order valence-electron chi connectivity index (χ0n) is 7.00. The zero-order chi connectivity index (χ0) is 8.10. The molecule has 1 saturated heterocycles. The number of aliphatic hydroxyl groups is 1. The van der Waals surface area contributed by atoms with Gasteiger partial charge in [-0.1, -0.05) is 0 Å². The van der Waals surface area contributed by atoms with Crippen molar-refractivity contribution in [2.75, 3.05) is 26.2 Å². The summed E-state index contributed by atoms with van der Waals surface area (Å²) in [4.78, 5) is 2.34. The van der Waals surface area contributed by atoms with E-state index in [1.165, 1.54) is 6.42 Å². The predicted molar refractivity (Wildman–Crippen MR) is 45.4 cm³/mol. The summed E-state index contributed by atoms with van der Waals surface area (Å²) in [6.07, 6.45) is 3.26. The Bertz CT molecular complexity index is 108. The largest absolute Gasteiger partial charge is 0.396 e. The van der Waals surface area contributed by atoms with E-state index in [1.807, 2.05) is 0 Å². The molecule has 0 amide bonds. The van der Waals surface area contributed by atoms with E-state index >= 15 is 0 Å². The molecule has 0 radical (unpaired) electrons. The lowest BCUT2D eigenvalue weighted by Crippen LogP contribution is -2.43. The van der Waals surface area contributed by atoms with Crippen molar-refractivity contribution in [3.05, 3.63) is 0 Å². The van der Waals surface area contributed by atoms with E-state index in [0.717, 1.165) is 32.5 Å². The molecule has 66 valence electrons. The number of hydrogen-bond acceptors (Lipinski definition) is 3. The Morgan fingerprint density at radius 1 is 1.55 bits per heavy atom. The zero-order valence-corrected chi connectivity index (χ0v) is 7.00. The molecule has 0 spiro atoms. The minimum Gasteiger partial charge on any atom is -0.396 e. The Balaban J connectivity index is 2.12. The fourth-order valence-electron chi connectivity index (χ4n) is 1.59. The summed E-state index contributed by atoms with van der Waals surface area (Å²) < 4.78 is 0. The molecule has 0 aromatic heterocycles. The molecule has 0 aromatic carbocycles. The van der Waals surface area contributed by atoms with E-state index in [1.54, 1.807) is 0 Å². The van der Waals surface area contributed by atoms with Crippen LogP contribution in [0.5, 0.6) is 0 Å². The van der Waals surface area contributed by atoms with Gasteiger partial charge in [-0.05, 0) is 25.8 Å². The highest BCUT2D eigenvalue weighted by Gasteiger charge is 2.15. The van der Waals surface area contributed by atoms with Crippen molar-refractivity contribution in [1.82, 2.24) is 4.90 Å². The molecule has 3 N–H and O–H groups in total. The maximum atomic E-state index is 8.60. The minimum absolute atomic E-state index is 0.297. The van der Waals surface area contributed by atoms with Crippen LogP contribution in [-0.2, 0) is 0 Å². The first-order chi connectivity index (χ1) is 5.33. The minimum atomic E-state index is 0.297. The third kappa shape index (κ3) is 3.18. The van der Waals surface area contributed by atoms with Crippen LogP contribution in [0.25, 0.3) is 0 Å². The van der Waals surface area contributed by atoms with Crippen molar-refractivity contribution in [3.8, 4) is 0 Å². The molecular formula is C8H18N2O. The molecule has 1 aliphatic rings. The highest BCUT2D eigenvalue weighted by molar-refractivity contribution is 4.74. The number of nitrogens with two attached hydrogens (primary N) is 1. The molecule has 0 aliphatic carbocycles. The van der Waals surface area contributed by atoms with E-state index in [2.05, 4.69) is 4.90 Å². The van der Waals surface area contributed by atoms with Crippen molar-refractivity contribution in [3.63, 3.8) is 0 Å². The van der Waals surface area contributed by atoms with Crippen molar-refractivity contribution < 1.29 is 5.11 Å². The molecule has 0 aromatic rings. The second-order valence-corrected chi connectivity index (χ2v) is 3.28. The number of nitrogens with zero attached hydrogens (tertiary/aromatic N) is 1. The van der Waals surface area contributed by atoms with Crippen LogP contribution in [0.3, 0.4) is 0 Å². The normalized spacial score (nSPS) is 27.3. The highest BCUT2D eigenvalue weighted by Crippen LogP contribution is 2.07. The number of piperidine rings is 1. The standard InChI is InChI=1S/C8H18N2O/c9-8-3-1-4-10(7-8)5-2-6-11/h8,11H,1-7,9H2/t8-/m1/s1. The maximum Gasteiger partial charge on any atom is 0.0443 e. The Hall–Kier alpha value is -0.120. The first-order valence-corrected chi connectivity index (χ1v) is 4.41. The number of aliphatic hydroxyl groups excluding tert-OH is 1. The fraction of sp³-hybridized carbons (Fsp3) is 1.00. The average molecular weight is 158 g/mol. The first kappa shape index (κ1) is 8.97. The second kappa shape index (κ2) is 4.70. The Morgan fingerprint density at radius 2 is 2.36 bits per heavy atom. The number of rotatable bonds is 3. The topological polar surface area (TPSA) is 49.5 Å². The van der Waals surface area contributed by atoms with Gasteiger partial charge in [-0.2, -0.15) is 0 Å². The van der Waals surface area contributed by atoms with Gasteiger partial charge in [-0.25, -0.2) is 0 Å². The number of likely N-dealkylation sites (tertiary alicyclic amines) is 1. The van der Waals surface area contributed by atoms with Crippen LogP contribution in [0.15, 0.2) is 0 Å². The van der Waals surface area contributed by atoms with Gasteiger partial charge in [0, 0.05) is 25.7 Å². The van der Waals surface area contributed by atoms with Crippen molar-refractivity contribution >= 4 is 0 Å². The molecule has 1 aliphatic heterocycles. The first-order valence-electron chi connectivity index (χ1n) is 4.41. The molecule has 1 atom stereocenters. The van der Waals surface area contributed by atoms with E-state index < -0.39 is 0 Å². The monoisotopic (exact) mass is 158 g/mol. The highest BCUT2D eigenvalue weighted by atomic mass is 16.3. The molecule has 1 heterocycles. The van der Waals surface area contributed by atoms with Crippen LogP contribution in [-0.4, -0.2) is 42.3 Å². The van der Waals surface area contributed by atoms with Crippen LogP contribution >= 0.6 is 0 Å². The van der Waals surface area contributed by atoms with Gasteiger partial charge in [0.2, 0.25) is 0 Å². The Labute approximate surface area is 68.2 Å². The van der Waals surface area contributed by atoms with Gasteiger partial charge in [0.15, 0.2) is 0 Å². The second-order valence-electron chi connectivity index (χ2n) is 3.28. The lowest BCUT2D eigenvalue weighted by molar-refractivity contribution is 0.185. The fourth-order valence-corrected chi connectivity index (χ4v) is 1.59. The van der Waals surface area contributed by atoms with Gasteiger partial charge >= 0.3 is 0 Å². The van der Waals surface area contributed by atoms with E-state index in [-0.39, 0.29) is 0 Å². The van der Waals surface area contributed by atoms with Gasteiger partial charge in [0.25, 0.3) is 0 Å². The van der Waals surface area contributed by atoms with E-state index in [9.17, 15) is 0 Å². The molecule has 1 fully saturated rings. The SMILES string of the molecule is N[C@@H]1CCCN(CCCO)C1.